The Morgan fingerprint density at radius 1 is 1.30 bits per heavy atom. The van der Waals surface area contributed by atoms with Crippen LogP contribution in [-0.2, 0) is 11.3 Å². The second-order valence-electron chi connectivity index (χ2n) is 7.30. The van der Waals surface area contributed by atoms with Gasteiger partial charge in [-0.3, -0.25) is 14.7 Å². The monoisotopic (exact) mass is 432 g/mol. The molecule has 30 heavy (non-hydrogen) atoms. The number of halogens is 1. The molecule has 8 nitrogen and oxygen atoms in total. The number of nitrogen functional groups attached to an aromatic ring is 1. The van der Waals surface area contributed by atoms with E-state index in [0.717, 1.165) is 23.2 Å². The molecule has 9 heteroatoms. The summed E-state index contributed by atoms with van der Waals surface area (Å²) in [5.74, 6) is 1.04. The van der Waals surface area contributed by atoms with E-state index in [-0.39, 0.29) is 17.6 Å². The van der Waals surface area contributed by atoms with Crippen molar-refractivity contribution < 1.29 is 9.53 Å². The van der Waals surface area contributed by atoms with Crippen LogP contribution in [0.2, 0.25) is 5.15 Å². The van der Waals surface area contributed by atoms with Gasteiger partial charge < -0.3 is 15.4 Å². The molecule has 0 fully saturated rings. The molecule has 0 aliphatic carbocycles. The van der Waals surface area contributed by atoms with Crippen LogP contribution in [0, 0.1) is 13.8 Å². The van der Waals surface area contributed by atoms with E-state index < -0.39 is 0 Å². The van der Waals surface area contributed by atoms with E-state index in [2.05, 4.69) is 21.0 Å². The Bertz CT molecular complexity index is 944. The molecule has 0 unspecified atom stereocenters. The maximum atomic E-state index is 12.0. The second kappa shape index (κ2) is 10.2. The maximum absolute atomic E-state index is 12.0. The van der Waals surface area contributed by atoms with Gasteiger partial charge in [0.2, 0.25) is 12.4 Å². The number of pyridine rings is 1. The molecule has 2 aromatic heterocycles. The summed E-state index contributed by atoms with van der Waals surface area (Å²) in [6.45, 7) is 8.81. The number of methoxy groups -OCH3 is 1. The zero-order valence-electron chi connectivity index (χ0n) is 18.4. The predicted octanol–water partition coefficient (Wildman–Crippen LogP) is 3.69. The van der Waals surface area contributed by atoms with Crippen molar-refractivity contribution >= 4 is 35.5 Å². The van der Waals surface area contributed by atoms with Crippen molar-refractivity contribution in [3.05, 3.63) is 39.8 Å². The highest BCUT2D eigenvalue weighted by atomic mass is 35.5. The van der Waals surface area contributed by atoms with Gasteiger partial charge in [-0.2, -0.15) is 9.97 Å². The number of aryl methyl sites for hydroxylation is 1. The molecule has 0 saturated heterocycles. The Kier molecular flexibility index (Phi) is 8.00. The molecule has 2 aromatic rings. The summed E-state index contributed by atoms with van der Waals surface area (Å²) < 4.78 is 5.45. The number of aromatic nitrogens is 3. The largest absolute Gasteiger partial charge is 0.495 e. The molecule has 0 aliphatic rings. The van der Waals surface area contributed by atoms with E-state index >= 15 is 0 Å². The van der Waals surface area contributed by atoms with Crippen LogP contribution < -0.4 is 20.3 Å². The number of hydrogen-bond acceptors (Lipinski definition) is 7. The Morgan fingerprint density at radius 2 is 2.00 bits per heavy atom. The Morgan fingerprint density at radius 3 is 2.60 bits per heavy atom. The van der Waals surface area contributed by atoms with Gasteiger partial charge in [-0.05, 0) is 45.2 Å². The number of rotatable bonds is 9. The summed E-state index contributed by atoms with van der Waals surface area (Å²) in [6.07, 6.45) is 5.39. The fourth-order valence-corrected chi connectivity index (χ4v) is 3.49. The molecular weight excluding hydrogens is 404 g/mol. The zero-order chi connectivity index (χ0) is 22.4. The van der Waals surface area contributed by atoms with Crippen molar-refractivity contribution in [2.45, 2.75) is 40.7 Å². The SMILES string of the molecule is COc1c(C)ncc(CN(C=O)c2nc(N)nc(Cl)c2N(C)CCC=C(C)C)c1C. The average molecular weight is 433 g/mol. The quantitative estimate of drug-likeness (QED) is 0.366. The highest BCUT2D eigenvalue weighted by Crippen LogP contribution is 2.35. The van der Waals surface area contributed by atoms with Crippen LogP contribution in [0.5, 0.6) is 5.75 Å². The molecule has 0 bridgehead atoms. The molecule has 0 saturated carbocycles. The minimum atomic E-state index is -0.000341. The highest BCUT2D eigenvalue weighted by molar-refractivity contribution is 6.32. The Hall–Kier alpha value is -2.87. The van der Waals surface area contributed by atoms with E-state index in [4.69, 9.17) is 22.1 Å². The summed E-state index contributed by atoms with van der Waals surface area (Å²) >= 11 is 6.41. The van der Waals surface area contributed by atoms with E-state index in [1.165, 1.54) is 10.5 Å². The third-order valence-electron chi connectivity index (χ3n) is 4.75. The van der Waals surface area contributed by atoms with Crippen LogP contribution in [-0.4, -0.2) is 42.1 Å². The molecule has 0 aliphatic heterocycles. The van der Waals surface area contributed by atoms with E-state index in [9.17, 15) is 4.79 Å². The molecular formula is C21H29ClN6O2. The fourth-order valence-electron chi connectivity index (χ4n) is 3.17. The van der Waals surface area contributed by atoms with Gasteiger partial charge >= 0.3 is 0 Å². The van der Waals surface area contributed by atoms with Gasteiger partial charge in [-0.25, -0.2) is 0 Å². The van der Waals surface area contributed by atoms with Gasteiger partial charge in [0, 0.05) is 19.8 Å². The summed E-state index contributed by atoms with van der Waals surface area (Å²) in [5, 5.41) is 0.195. The molecule has 0 radical (unpaired) electrons. The lowest BCUT2D eigenvalue weighted by Crippen LogP contribution is -2.28. The van der Waals surface area contributed by atoms with Crippen molar-refractivity contribution in [1.82, 2.24) is 15.0 Å². The molecule has 2 N–H and O–H groups in total. The number of anilines is 3. The standard InChI is InChI=1S/C21H29ClN6O2/c1-13(2)8-7-9-27(5)17-19(22)25-21(23)26-20(17)28(12-29)11-16-10-24-15(4)18(30-6)14(16)3/h8,10,12H,7,9,11H2,1-6H3,(H2,23,25,26). The predicted molar refractivity (Wildman–Crippen MR) is 121 cm³/mol. The summed E-state index contributed by atoms with van der Waals surface area (Å²) in [7, 11) is 3.48. The molecule has 0 atom stereocenters. The van der Waals surface area contributed by atoms with Crippen molar-refractivity contribution in [2.75, 3.05) is 36.2 Å². The second-order valence-corrected chi connectivity index (χ2v) is 7.65. The molecule has 0 aromatic carbocycles. The first kappa shape index (κ1) is 23.4. The molecule has 0 spiro atoms. The lowest BCUT2D eigenvalue weighted by Gasteiger charge is -2.27. The van der Waals surface area contributed by atoms with Gasteiger partial charge in [0.1, 0.15) is 11.4 Å². The molecule has 2 heterocycles. The van der Waals surface area contributed by atoms with Crippen LogP contribution in [0.25, 0.3) is 0 Å². The Balaban J connectivity index is 2.45. The van der Waals surface area contributed by atoms with Gasteiger partial charge in [-0.1, -0.05) is 23.3 Å². The van der Waals surface area contributed by atoms with Crippen molar-refractivity contribution in [3.8, 4) is 5.75 Å². The first-order valence-electron chi connectivity index (χ1n) is 9.58. The number of carbonyl (C=O) groups excluding carboxylic acids is 1. The van der Waals surface area contributed by atoms with E-state index in [0.29, 0.717) is 30.2 Å². The van der Waals surface area contributed by atoms with Crippen LogP contribution in [0.3, 0.4) is 0 Å². The van der Waals surface area contributed by atoms with Gasteiger partial charge in [0.05, 0.1) is 19.3 Å². The van der Waals surface area contributed by atoms with Crippen LogP contribution in [0.15, 0.2) is 17.8 Å². The van der Waals surface area contributed by atoms with Gasteiger partial charge in [0.15, 0.2) is 11.0 Å². The number of nitrogens with two attached hydrogens (primary N) is 1. The summed E-state index contributed by atoms with van der Waals surface area (Å²) in [5.41, 5.74) is 10.1. The van der Waals surface area contributed by atoms with Gasteiger partial charge in [-0.15, -0.1) is 0 Å². The van der Waals surface area contributed by atoms with Crippen molar-refractivity contribution in [3.63, 3.8) is 0 Å². The number of hydrogen-bond donors (Lipinski definition) is 1. The van der Waals surface area contributed by atoms with Gasteiger partial charge in [0.25, 0.3) is 0 Å². The minimum Gasteiger partial charge on any atom is -0.495 e. The number of ether oxygens (including phenoxy) is 1. The number of amides is 1. The topological polar surface area (TPSA) is 97.5 Å². The van der Waals surface area contributed by atoms with E-state index in [1.807, 2.05) is 39.6 Å². The summed E-state index contributed by atoms with van der Waals surface area (Å²) in [6, 6.07) is 0. The summed E-state index contributed by atoms with van der Waals surface area (Å²) in [4.78, 5) is 28.2. The first-order valence-corrected chi connectivity index (χ1v) is 9.95. The zero-order valence-corrected chi connectivity index (χ0v) is 19.1. The number of carbonyl (C=O) groups is 1. The van der Waals surface area contributed by atoms with Crippen molar-refractivity contribution in [1.29, 1.82) is 0 Å². The van der Waals surface area contributed by atoms with Crippen LogP contribution >= 0.6 is 11.6 Å². The molecule has 1 amide bonds. The van der Waals surface area contributed by atoms with Crippen molar-refractivity contribution in [2.24, 2.45) is 0 Å². The fraction of sp³-hybridized carbons (Fsp3) is 0.429. The maximum Gasteiger partial charge on any atom is 0.223 e. The minimum absolute atomic E-state index is 0.000341. The molecule has 162 valence electrons. The normalized spacial score (nSPS) is 10.5. The first-order chi connectivity index (χ1) is 14.2. The molecule has 2 rings (SSSR count). The van der Waals surface area contributed by atoms with Crippen LogP contribution in [0.4, 0.5) is 17.5 Å². The third-order valence-corrected chi connectivity index (χ3v) is 5.01. The van der Waals surface area contributed by atoms with E-state index in [1.54, 1.807) is 13.3 Å². The smallest absolute Gasteiger partial charge is 0.223 e. The average Bonchev–Trinajstić information content (AvgIpc) is 2.67. The highest BCUT2D eigenvalue weighted by Gasteiger charge is 2.22. The Labute approximate surface area is 182 Å². The lowest BCUT2D eigenvalue weighted by molar-refractivity contribution is -0.107. The lowest BCUT2D eigenvalue weighted by atomic mass is 10.1. The number of nitrogens with zero attached hydrogens (tertiary/aromatic N) is 5. The number of allylic oxidation sites excluding steroid dienone is 1. The van der Waals surface area contributed by atoms with Crippen LogP contribution in [0.1, 0.15) is 37.1 Å². The third kappa shape index (κ3) is 5.38.